The third-order valence-corrected chi connectivity index (χ3v) is 14.3. The fourth-order valence-electron chi connectivity index (χ4n) is 8.72. The molecule has 8 rings (SSSR count). The van der Waals surface area contributed by atoms with Crippen molar-refractivity contribution < 1.29 is 18.5 Å². The first kappa shape index (κ1) is 35.8. The van der Waals surface area contributed by atoms with E-state index in [9.17, 15) is 9.00 Å². The molecule has 3 heterocycles. The second-order valence-corrected chi connectivity index (χ2v) is 18.5. The summed E-state index contributed by atoms with van der Waals surface area (Å²) >= 11 is 6.50. The maximum Gasteiger partial charge on any atom is 0.286 e. The van der Waals surface area contributed by atoms with Crippen LogP contribution in [-0.4, -0.2) is 58.1 Å². The Morgan fingerprint density at radius 1 is 1.15 bits per heavy atom. The highest BCUT2D eigenvalue weighted by molar-refractivity contribution is 7.92. The Morgan fingerprint density at radius 3 is 2.83 bits per heavy atom. The summed E-state index contributed by atoms with van der Waals surface area (Å²) in [5.41, 5.74) is 4.63. The molecule has 3 aliphatic carbocycles. The third kappa shape index (κ3) is 7.72. The fourth-order valence-corrected chi connectivity index (χ4v) is 10.8. The molecule has 5 aliphatic rings. The van der Waals surface area contributed by atoms with E-state index in [1.165, 1.54) is 24.0 Å². The number of ether oxygens (including phenoxy) is 2. The summed E-state index contributed by atoms with van der Waals surface area (Å²) in [6.45, 7) is 8.15. The van der Waals surface area contributed by atoms with Gasteiger partial charge in [-0.25, -0.2) is 8.93 Å². The summed E-state index contributed by atoms with van der Waals surface area (Å²) in [6, 6.07) is 12.0. The van der Waals surface area contributed by atoms with E-state index in [1.54, 1.807) is 12.3 Å². The fraction of sp³-hybridized carbons (Fsp3) is 0.561. The standard InChI is InChI=1S/C41H52ClN5O4S/c1-3-47-22-30(20-43-47)21-44-52(49)25-28(2)6-4-8-38(50-24-29-9-10-29)35-14-11-33(35)23-46-26-41(17-5-7-31-18-34(42)13-15-36(31)41)27-51-39-16-12-32(19-37(39)46)40(48)45-52/h4,8,12-13,15-16,18-20,22,28-29,33,35,38H,3,5-7,9-11,14,17,21,23-27H2,1-2H3,(H,44,45,48,49)/b8-4-/t28-,33-,35+,38-,41-,52?/m0/s1. The van der Waals surface area contributed by atoms with Crippen LogP contribution in [0.5, 0.6) is 5.75 Å². The molecule has 2 aromatic carbocycles. The summed E-state index contributed by atoms with van der Waals surface area (Å²) in [5, 5.41) is 5.14. The quantitative estimate of drug-likeness (QED) is 0.249. The maximum absolute atomic E-state index is 14.6. The van der Waals surface area contributed by atoms with Gasteiger partial charge in [0.15, 0.2) is 0 Å². The van der Waals surface area contributed by atoms with Crippen LogP contribution in [-0.2, 0) is 39.6 Å². The molecule has 2 aliphatic heterocycles. The number of aryl methyl sites for hydroxylation is 2. The number of nitrogens with one attached hydrogen (secondary N) is 1. The molecule has 1 spiro atoms. The predicted molar refractivity (Wildman–Crippen MR) is 206 cm³/mol. The summed E-state index contributed by atoms with van der Waals surface area (Å²) in [4.78, 5) is 16.5. The molecule has 1 N–H and O–H groups in total. The molecule has 6 atom stereocenters. The van der Waals surface area contributed by atoms with Crippen molar-refractivity contribution in [1.82, 2.24) is 14.5 Å². The van der Waals surface area contributed by atoms with Gasteiger partial charge in [-0.15, -0.1) is 4.36 Å². The second-order valence-electron chi connectivity index (χ2n) is 16.0. The molecule has 1 aromatic heterocycles. The number of hydrogen-bond acceptors (Lipinski definition) is 6. The van der Waals surface area contributed by atoms with Crippen molar-refractivity contribution in [3.8, 4) is 5.75 Å². The van der Waals surface area contributed by atoms with Gasteiger partial charge in [-0.05, 0) is 123 Å². The van der Waals surface area contributed by atoms with Crippen molar-refractivity contribution in [3.63, 3.8) is 0 Å². The van der Waals surface area contributed by atoms with Crippen molar-refractivity contribution in [1.29, 1.82) is 0 Å². The third-order valence-electron chi connectivity index (χ3n) is 12.0. The van der Waals surface area contributed by atoms with E-state index in [2.05, 4.69) is 50.3 Å². The van der Waals surface area contributed by atoms with Gasteiger partial charge in [-0.2, -0.15) is 5.10 Å². The number of hydrogen-bond donors (Lipinski definition) is 1. The molecule has 9 nitrogen and oxygen atoms in total. The van der Waals surface area contributed by atoms with Gasteiger partial charge in [0.1, 0.15) is 15.7 Å². The minimum atomic E-state index is -3.13. The Labute approximate surface area is 313 Å². The normalized spacial score (nSPS) is 31.1. The van der Waals surface area contributed by atoms with Gasteiger partial charge in [0.05, 0.1) is 31.2 Å². The zero-order valence-corrected chi connectivity index (χ0v) is 32.0. The minimum Gasteiger partial charge on any atom is -0.490 e. The first-order valence-electron chi connectivity index (χ1n) is 19.3. The molecule has 2 saturated carbocycles. The number of carbonyl (C=O) groups excluding carboxylic acids is 1. The van der Waals surface area contributed by atoms with Gasteiger partial charge in [-0.1, -0.05) is 36.7 Å². The van der Waals surface area contributed by atoms with Gasteiger partial charge in [0.25, 0.3) is 5.91 Å². The number of nitrogens with zero attached hydrogens (tertiary/aromatic N) is 4. The summed E-state index contributed by atoms with van der Waals surface area (Å²) in [5.74, 6) is 2.10. The lowest BCUT2D eigenvalue weighted by molar-refractivity contribution is -0.0182. The topological polar surface area (TPSA) is 98.1 Å². The highest BCUT2D eigenvalue weighted by Gasteiger charge is 2.44. The van der Waals surface area contributed by atoms with E-state index in [0.29, 0.717) is 36.5 Å². The number of anilines is 1. The Bertz CT molecular complexity index is 1950. The van der Waals surface area contributed by atoms with Crippen molar-refractivity contribution in [2.24, 2.45) is 28.0 Å². The van der Waals surface area contributed by atoms with E-state index >= 15 is 0 Å². The average Bonchev–Trinajstić information content (AvgIpc) is 3.86. The van der Waals surface area contributed by atoms with Gasteiger partial charge in [0.2, 0.25) is 0 Å². The van der Waals surface area contributed by atoms with E-state index in [0.717, 1.165) is 86.8 Å². The number of allylic oxidation sites excluding steroid dienone is 1. The monoisotopic (exact) mass is 745 g/mol. The van der Waals surface area contributed by atoms with Crippen molar-refractivity contribution >= 4 is 33.1 Å². The summed E-state index contributed by atoms with van der Waals surface area (Å²) < 4.78 is 37.5. The summed E-state index contributed by atoms with van der Waals surface area (Å²) in [6.07, 6.45) is 16.8. The van der Waals surface area contributed by atoms with E-state index in [4.69, 9.17) is 21.1 Å². The van der Waals surface area contributed by atoms with Crippen LogP contribution in [0.3, 0.4) is 0 Å². The average molecular weight is 746 g/mol. The molecule has 52 heavy (non-hydrogen) atoms. The van der Waals surface area contributed by atoms with Gasteiger partial charge in [-0.3, -0.25) is 9.48 Å². The molecule has 11 heteroatoms. The van der Waals surface area contributed by atoms with Crippen LogP contribution in [0, 0.1) is 23.7 Å². The largest absolute Gasteiger partial charge is 0.490 e. The molecule has 2 fully saturated rings. The van der Waals surface area contributed by atoms with Crippen LogP contribution in [0.2, 0.25) is 5.02 Å². The van der Waals surface area contributed by atoms with E-state index in [-0.39, 0.29) is 23.2 Å². The lowest BCUT2D eigenvalue weighted by Gasteiger charge is -2.46. The number of halogens is 1. The van der Waals surface area contributed by atoms with Crippen LogP contribution in [0.25, 0.3) is 0 Å². The van der Waals surface area contributed by atoms with Crippen molar-refractivity contribution in [3.05, 3.63) is 88.2 Å². The molecule has 2 bridgehead atoms. The lowest BCUT2D eigenvalue weighted by atomic mass is 9.68. The second kappa shape index (κ2) is 14.9. The van der Waals surface area contributed by atoms with Crippen LogP contribution >= 0.6 is 11.6 Å². The first-order chi connectivity index (χ1) is 25.2. The molecule has 278 valence electrons. The number of fused-ring (bicyclic) bond motifs is 4. The molecular formula is C41H52ClN5O4S. The maximum atomic E-state index is 14.6. The highest BCUT2D eigenvalue weighted by Crippen LogP contribution is 2.47. The molecular weight excluding hydrogens is 694 g/mol. The Balaban J connectivity index is 1.18. The van der Waals surface area contributed by atoms with Gasteiger partial charge in [0, 0.05) is 59.7 Å². The van der Waals surface area contributed by atoms with Gasteiger partial charge >= 0.3 is 0 Å². The number of rotatable bonds is 7. The molecule has 0 saturated heterocycles. The first-order valence-corrected chi connectivity index (χ1v) is 21.4. The molecule has 1 unspecified atom stereocenters. The highest BCUT2D eigenvalue weighted by atomic mass is 35.5. The molecule has 0 radical (unpaired) electrons. The number of aromatic nitrogens is 2. The van der Waals surface area contributed by atoms with E-state index in [1.807, 2.05) is 36.0 Å². The number of benzene rings is 2. The lowest BCUT2D eigenvalue weighted by Crippen LogP contribution is -2.49. The Morgan fingerprint density at radius 2 is 2.04 bits per heavy atom. The predicted octanol–water partition coefficient (Wildman–Crippen LogP) is 7.76. The van der Waals surface area contributed by atoms with Crippen LogP contribution in [0.1, 0.15) is 85.8 Å². The summed E-state index contributed by atoms with van der Waals surface area (Å²) in [7, 11) is -3.13. The Hall–Kier alpha value is -3.18. The number of carbonyl (C=O) groups is 1. The van der Waals surface area contributed by atoms with Gasteiger partial charge < -0.3 is 14.4 Å². The van der Waals surface area contributed by atoms with Crippen LogP contribution in [0.15, 0.2) is 65.3 Å². The van der Waals surface area contributed by atoms with Crippen LogP contribution in [0.4, 0.5) is 5.69 Å². The molecule has 3 aromatic rings. The minimum absolute atomic E-state index is 0.0284. The Kier molecular flexibility index (Phi) is 10.3. The zero-order chi connectivity index (χ0) is 35.9. The smallest absolute Gasteiger partial charge is 0.286 e. The van der Waals surface area contributed by atoms with Crippen molar-refractivity contribution in [2.45, 2.75) is 89.8 Å². The van der Waals surface area contributed by atoms with Crippen LogP contribution < -0.4 is 14.4 Å². The van der Waals surface area contributed by atoms with E-state index < -0.39 is 15.8 Å². The zero-order valence-electron chi connectivity index (χ0n) is 30.5. The SMILES string of the molecule is CCn1cc(CNS2(=O)=NC(=O)c3ccc4c(c3)N(C[C@@H]3CC[C@H]3[C@@H](OCC3CC3)/C=C\C[C@H](C)C2)C[C@@]2(CCCc3cc(Cl)ccc32)CO4)cn1. The van der Waals surface area contributed by atoms with Crippen molar-refractivity contribution in [2.75, 3.05) is 37.0 Å². The number of amides is 1. The molecule has 1 amide bonds.